The summed E-state index contributed by atoms with van der Waals surface area (Å²) in [6.07, 6.45) is 1.50. The highest BCUT2D eigenvalue weighted by molar-refractivity contribution is 6.02. The highest BCUT2D eigenvalue weighted by Crippen LogP contribution is 2.25. The molecule has 1 heterocycles. The number of aromatic nitrogens is 2. The van der Waals surface area contributed by atoms with Crippen molar-refractivity contribution in [3.05, 3.63) is 82.4 Å². The molecule has 1 aromatic heterocycles. The number of rotatable bonds is 2. The average Bonchev–Trinajstić information content (AvgIpc) is 2.63. The number of hydrogen-bond donors (Lipinski definition) is 1. The van der Waals surface area contributed by atoms with Crippen LogP contribution >= 0.6 is 0 Å². The fourth-order valence-corrected chi connectivity index (χ4v) is 2.91. The zero-order chi connectivity index (χ0) is 17.4. The van der Waals surface area contributed by atoms with E-state index in [1.165, 1.54) is 10.9 Å². The molecule has 0 radical (unpaired) electrons. The number of phenolic OH excluding ortho intramolecular Hbond substituents is 1. The van der Waals surface area contributed by atoms with E-state index in [1.807, 2.05) is 36.4 Å². The lowest BCUT2D eigenvalue weighted by Gasteiger charge is -2.07. The van der Waals surface area contributed by atoms with Crippen molar-refractivity contribution in [3.63, 3.8) is 0 Å². The van der Waals surface area contributed by atoms with Gasteiger partial charge < -0.3 is 5.11 Å². The number of hydrogen-bond acceptors (Lipinski definition) is 4. The van der Waals surface area contributed by atoms with Gasteiger partial charge in [0.25, 0.3) is 5.56 Å². The molecule has 0 fully saturated rings. The molecule has 0 spiro atoms. The fraction of sp³-hybridized carbons (Fsp3) is 0.0500. The summed E-state index contributed by atoms with van der Waals surface area (Å²) in [6, 6.07) is 18.3. The molecule has 0 saturated heterocycles. The molecule has 0 aliphatic rings. The summed E-state index contributed by atoms with van der Waals surface area (Å²) < 4.78 is 1.25. The Morgan fingerprint density at radius 1 is 1.00 bits per heavy atom. The molecule has 4 rings (SSSR count). The number of nitrogens with zero attached hydrogens (tertiary/aromatic N) is 3. The highest BCUT2D eigenvalue weighted by atomic mass is 16.3. The fourth-order valence-electron chi connectivity index (χ4n) is 2.91. The van der Waals surface area contributed by atoms with E-state index in [1.54, 1.807) is 31.2 Å². The van der Waals surface area contributed by atoms with E-state index in [4.69, 9.17) is 0 Å². The van der Waals surface area contributed by atoms with Crippen LogP contribution in [-0.4, -0.2) is 21.0 Å². The van der Waals surface area contributed by atoms with E-state index in [0.29, 0.717) is 22.3 Å². The molecule has 0 unspecified atom stereocenters. The van der Waals surface area contributed by atoms with Crippen molar-refractivity contribution in [1.82, 2.24) is 9.66 Å². The third-order valence-electron chi connectivity index (χ3n) is 4.17. The van der Waals surface area contributed by atoms with Crippen LogP contribution in [0.2, 0.25) is 0 Å². The zero-order valence-corrected chi connectivity index (χ0v) is 13.5. The zero-order valence-electron chi connectivity index (χ0n) is 13.5. The van der Waals surface area contributed by atoms with Crippen molar-refractivity contribution in [3.8, 4) is 5.75 Å². The summed E-state index contributed by atoms with van der Waals surface area (Å²) >= 11 is 0. The van der Waals surface area contributed by atoms with Gasteiger partial charge in [-0.05, 0) is 35.9 Å². The van der Waals surface area contributed by atoms with Crippen molar-refractivity contribution in [2.45, 2.75) is 6.92 Å². The first-order valence-electron chi connectivity index (χ1n) is 7.88. The van der Waals surface area contributed by atoms with Gasteiger partial charge in [-0.3, -0.25) is 4.79 Å². The Bertz CT molecular complexity index is 1190. The summed E-state index contributed by atoms with van der Waals surface area (Å²) in [7, 11) is 0. The Kier molecular flexibility index (Phi) is 3.54. The molecule has 0 aliphatic heterocycles. The monoisotopic (exact) mass is 329 g/mol. The van der Waals surface area contributed by atoms with Crippen LogP contribution < -0.4 is 5.56 Å². The van der Waals surface area contributed by atoms with Gasteiger partial charge in [0.2, 0.25) is 0 Å². The number of aryl methyl sites for hydroxylation is 1. The standard InChI is InChI=1S/C20H15N3O2/c1-13-22-18-9-5-4-8-16(18)20(25)23(13)21-12-17-15-7-3-2-6-14(15)10-11-19(17)24/h2-12,24H,1H3/b21-12-. The number of aromatic hydroxyl groups is 1. The Hall–Kier alpha value is -3.47. The van der Waals surface area contributed by atoms with Gasteiger partial charge in [0.1, 0.15) is 11.6 Å². The van der Waals surface area contributed by atoms with Crippen LogP contribution in [0.25, 0.3) is 21.7 Å². The van der Waals surface area contributed by atoms with Gasteiger partial charge in [0.15, 0.2) is 0 Å². The molecule has 0 aliphatic carbocycles. The predicted molar refractivity (Wildman–Crippen MR) is 99.3 cm³/mol. The normalized spacial score (nSPS) is 11.6. The number of fused-ring (bicyclic) bond motifs is 2. The third kappa shape index (κ3) is 2.55. The van der Waals surface area contributed by atoms with Crippen LogP contribution in [0.15, 0.2) is 70.6 Å². The van der Waals surface area contributed by atoms with Gasteiger partial charge in [-0.25, -0.2) is 4.98 Å². The number of phenols is 1. The minimum atomic E-state index is -0.237. The van der Waals surface area contributed by atoms with Gasteiger partial charge >= 0.3 is 0 Å². The lowest BCUT2D eigenvalue weighted by Crippen LogP contribution is -2.20. The van der Waals surface area contributed by atoms with Crippen LogP contribution in [0.5, 0.6) is 5.75 Å². The quantitative estimate of drug-likeness (QED) is 0.573. The van der Waals surface area contributed by atoms with Crippen LogP contribution in [-0.2, 0) is 0 Å². The van der Waals surface area contributed by atoms with E-state index in [9.17, 15) is 9.90 Å². The van der Waals surface area contributed by atoms with Crippen molar-refractivity contribution in [1.29, 1.82) is 0 Å². The van der Waals surface area contributed by atoms with Gasteiger partial charge in [0, 0.05) is 5.56 Å². The van der Waals surface area contributed by atoms with Gasteiger partial charge in [-0.2, -0.15) is 9.78 Å². The molecular formula is C20H15N3O2. The first kappa shape index (κ1) is 15.1. The van der Waals surface area contributed by atoms with E-state index in [0.717, 1.165) is 10.8 Å². The first-order chi connectivity index (χ1) is 12.1. The summed E-state index contributed by atoms with van der Waals surface area (Å²) in [5, 5.41) is 16.9. The molecule has 0 atom stereocenters. The summed E-state index contributed by atoms with van der Waals surface area (Å²) in [5.41, 5.74) is 0.973. The number of para-hydroxylation sites is 1. The molecule has 122 valence electrons. The second kappa shape index (κ2) is 5.87. The summed E-state index contributed by atoms with van der Waals surface area (Å²) in [6.45, 7) is 1.73. The molecule has 5 heteroatoms. The summed E-state index contributed by atoms with van der Waals surface area (Å²) in [4.78, 5) is 17.1. The smallest absolute Gasteiger partial charge is 0.282 e. The maximum Gasteiger partial charge on any atom is 0.282 e. The Morgan fingerprint density at radius 3 is 2.56 bits per heavy atom. The minimum absolute atomic E-state index is 0.113. The molecule has 3 aromatic carbocycles. The molecule has 1 N–H and O–H groups in total. The van der Waals surface area contributed by atoms with Crippen LogP contribution in [0.4, 0.5) is 0 Å². The van der Waals surface area contributed by atoms with Crippen LogP contribution in [0, 0.1) is 6.92 Å². The minimum Gasteiger partial charge on any atom is -0.507 e. The van der Waals surface area contributed by atoms with Crippen LogP contribution in [0.3, 0.4) is 0 Å². The van der Waals surface area contributed by atoms with E-state index >= 15 is 0 Å². The largest absolute Gasteiger partial charge is 0.507 e. The maximum atomic E-state index is 12.7. The molecule has 5 nitrogen and oxygen atoms in total. The molecule has 0 amide bonds. The highest BCUT2D eigenvalue weighted by Gasteiger charge is 2.08. The molecular weight excluding hydrogens is 314 g/mol. The van der Waals surface area contributed by atoms with Crippen LogP contribution in [0.1, 0.15) is 11.4 Å². The second-order valence-corrected chi connectivity index (χ2v) is 5.76. The average molecular weight is 329 g/mol. The topological polar surface area (TPSA) is 67.5 Å². The molecule has 0 saturated carbocycles. The molecule has 4 aromatic rings. The van der Waals surface area contributed by atoms with E-state index < -0.39 is 0 Å². The van der Waals surface area contributed by atoms with E-state index in [2.05, 4.69) is 10.1 Å². The Labute approximate surface area is 143 Å². The summed E-state index contributed by atoms with van der Waals surface area (Å²) in [5.74, 6) is 0.599. The Morgan fingerprint density at radius 2 is 1.72 bits per heavy atom. The predicted octanol–water partition coefficient (Wildman–Crippen LogP) is 3.45. The SMILES string of the molecule is Cc1nc2ccccc2c(=O)n1/N=C\c1c(O)ccc2ccccc12. The second-order valence-electron chi connectivity index (χ2n) is 5.76. The van der Waals surface area contributed by atoms with Crippen molar-refractivity contribution >= 4 is 27.9 Å². The van der Waals surface area contributed by atoms with Gasteiger partial charge in [-0.1, -0.05) is 42.5 Å². The van der Waals surface area contributed by atoms with Crippen molar-refractivity contribution < 1.29 is 5.11 Å². The number of benzene rings is 3. The molecule has 0 bridgehead atoms. The first-order valence-corrected chi connectivity index (χ1v) is 7.88. The van der Waals surface area contributed by atoms with E-state index in [-0.39, 0.29) is 11.3 Å². The lowest BCUT2D eigenvalue weighted by molar-refractivity contribution is 0.475. The van der Waals surface area contributed by atoms with Gasteiger partial charge in [0.05, 0.1) is 17.1 Å². The Balaban J connectivity index is 1.90. The third-order valence-corrected chi connectivity index (χ3v) is 4.17. The lowest BCUT2D eigenvalue weighted by atomic mass is 10.0. The maximum absolute atomic E-state index is 12.7. The molecule has 25 heavy (non-hydrogen) atoms. The van der Waals surface area contributed by atoms with Crippen molar-refractivity contribution in [2.24, 2.45) is 5.10 Å². The van der Waals surface area contributed by atoms with Gasteiger partial charge in [-0.15, -0.1) is 0 Å². The van der Waals surface area contributed by atoms with Crippen molar-refractivity contribution in [2.75, 3.05) is 0 Å².